The first kappa shape index (κ1) is 14.0. The Kier molecular flexibility index (Phi) is 4.57. The van der Waals surface area contributed by atoms with E-state index in [9.17, 15) is 15.0 Å². The van der Waals surface area contributed by atoms with Gasteiger partial charge in [0.1, 0.15) is 6.10 Å². The second kappa shape index (κ2) is 6.18. The Labute approximate surface area is 115 Å². The van der Waals surface area contributed by atoms with Crippen molar-refractivity contribution >= 4 is 27.8 Å². The Hall–Kier alpha value is -1.37. The normalized spacial score (nSPS) is 14.5. The van der Waals surface area contributed by atoms with Crippen LogP contribution in [0.3, 0.4) is 0 Å². The number of hydrogen-bond donors (Lipinski definition) is 3. The van der Waals surface area contributed by atoms with Gasteiger partial charge in [0.05, 0.1) is 17.8 Å². The number of aliphatic hydroxyl groups excluding tert-OH is 2. The minimum absolute atomic E-state index is 0.0114. The monoisotopic (exact) mass is 280 g/mol. The van der Waals surface area contributed by atoms with E-state index in [0.29, 0.717) is 17.7 Å². The number of thioether (sulfide) groups is 1. The molecule has 3 N–H and O–H groups in total. The highest BCUT2D eigenvalue weighted by Gasteiger charge is 2.20. The molecule has 0 fully saturated rings. The summed E-state index contributed by atoms with van der Waals surface area (Å²) in [5.74, 6) is 0.493. The maximum absolute atomic E-state index is 10.8. The first-order valence-corrected chi connectivity index (χ1v) is 6.99. The summed E-state index contributed by atoms with van der Waals surface area (Å²) in [7, 11) is 0. The summed E-state index contributed by atoms with van der Waals surface area (Å²) in [6.45, 7) is 1.48. The van der Waals surface area contributed by atoms with Gasteiger partial charge in [0.2, 0.25) is 0 Å². The molecule has 0 aliphatic heterocycles. The molecule has 2 atom stereocenters. The topological polar surface area (TPSA) is 86.2 Å². The maximum atomic E-state index is 10.8. The minimum Gasteiger partial charge on any atom is -0.390 e. The van der Waals surface area contributed by atoms with Gasteiger partial charge < -0.3 is 10.2 Å². The second-order valence-corrected chi connectivity index (χ2v) is 5.59. The van der Waals surface area contributed by atoms with Crippen molar-refractivity contribution in [2.24, 2.45) is 0 Å². The Balaban J connectivity index is 2.08. The summed E-state index contributed by atoms with van der Waals surface area (Å²) in [5.41, 5.74) is 1.35. The fourth-order valence-corrected chi connectivity index (χ4v) is 2.57. The van der Waals surface area contributed by atoms with Crippen molar-refractivity contribution in [3.05, 3.63) is 30.0 Å². The highest BCUT2D eigenvalue weighted by Crippen LogP contribution is 2.26. The number of aromatic nitrogens is 2. The molecule has 0 bridgehead atoms. The zero-order chi connectivity index (χ0) is 13.8. The number of nitrogens with zero attached hydrogens (tertiary/aromatic N) is 1. The van der Waals surface area contributed by atoms with Crippen molar-refractivity contribution in [2.45, 2.75) is 25.6 Å². The van der Waals surface area contributed by atoms with E-state index in [1.165, 1.54) is 6.92 Å². The van der Waals surface area contributed by atoms with Gasteiger partial charge in [-0.15, -0.1) is 0 Å². The standard InChI is InChI=1S/C13H16N2O3S/c1-8(16)19-6-5-11(17)13(18)10-4-2-3-9-7-14-15-12(9)10/h2-4,7,11,13,17-18H,5-6H2,1H3,(H,14,15). The first-order chi connectivity index (χ1) is 9.09. The number of aliphatic hydroxyl groups is 2. The molecule has 0 aliphatic carbocycles. The molecule has 6 heteroatoms. The molecule has 1 aromatic carbocycles. The van der Waals surface area contributed by atoms with Crippen LogP contribution < -0.4 is 0 Å². The summed E-state index contributed by atoms with van der Waals surface area (Å²) in [5, 5.41) is 27.8. The fourth-order valence-electron chi connectivity index (χ4n) is 1.93. The largest absolute Gasteiger partial charge is 0.390 e. The predicted molar refractivity (Wildman–Crippen MR) is 74.8 cm³/mol. The van der Waals surface area contributed by atoms with Gasteiger partial charge in [-0.1, -0.05) is 30.0 Å². The van der Waals surface area contributed by atoms with Crippen molar-refractivity contribution < 1.29 is 15.0 Å². The second-order valence-electron chi connectivity index (χ2n) is 4.32. The number of carbonyl (C=O) groups is 1. The lowest BCUT2D eigenvalue weighted by molar-refractivity contribution is -0.109. The van der Waals surface area contributed by atoms with Crippen molar-refractivity contribution in [3.63, 3.8) is 0 Å². The SMILES string of the molecule is CC(=O)SCCC(O)C(O)c1cccc2cn[nH]c12. The molecule has 0 spiro atoms. The molecule has 2 aromatic rings. The van der Waals surface area contributed by atoms with Crippen molar-refractivity contribution in [2.75, 3.05) is 5.75 Å². The molecule has 19 heavy (non-hydrogen) atoms. The van der Waals surface area contributed by atoms with E-state index in [4.69, 9.17) is 0 Å². The highest BCUT2D eigenvalue weighted by atomic mass is 32.2. The van der Waals surface area contributed by atoms with Gasteiger partial charge in [0.15, 0.2) is 5.12 Å². The average Bonchev–Trinajstić information content (AvgIpc) is 2.85. The van der Waals surface area contributed by atoms with Gasteiger partial charge in [0.25, 0.3) is 0 Å². The lowest BCUT2D eigenvalue weighted by atomic mass is 10.0. The van der Waals surface area contributed by atoms with Crippen LogP contribution in [0.2, 0.25) is 0 Å². The van der Waals surface area contributed by atoms with Crippen LogP contribution in [0.15, 0.2) is 24.4 Å². The molecule has 0 aliphatic rings. The third-order valence-corrected chi connectivity index (χ3v) is 3.76. The van der Waals surface area contributed by atoms with Gasteiger partial charge in [-0.2, -0.15) is 5.10 Å². The van der Waals surface area contributed by atoms with E-state index in [0.717, 1.165) is 22.7 Å². The lowest BCUT2D eigenvalue weighted by Crippen LogP contribution is -2.19. The molecule has 0 saturated heterocycles. The van der Waals surface area contributed by atoms with Crippen LogP contribution in [0.4, 0.5) is 0 Å². The fraction of sp³-hybridized carbons (Fsp3) is 0.385. The van der Waals surface area contributed by atoms with Crippen LogP contribution in [0.1, 0.15) is 25.0 Å². The Bertz CT molecular complexity index is 570. The number of aromatic amines is 1. The van der Waals surface area contributed by atoms with E-state index in [1.54, 1.807) is 12.3 Å². The number of hydrogen-bond acceptors (Lipinski definition) is 5. The summed E-state index contributed by atoms with van der Waals surface area (Å²) in [6, 6.07) is 5.45. The molecule has 2 unspecified atom stereocenters. The molecule has 0 radical (unpaired) electrons. The van der Waals surface area contributed by atoms with Gasteiger partial charge in [-0.25, -0.2) is 0 Å². The van der Waals surface area contributed by atoms with Crippen LogP contribution >= 0.6 is 11.8 Å². The minimum atomic E-state index is -0.989. The number of fused-ring (bicyclic) bond motifs is 1. The Morgan fingerprint density at radius 1 is 1.47 bits per heavy atom. The number of carbonyl (C=O) groups excluding carboxylic acids is 1. The quantitative estimate of drug-likeness (QED) is 0.775. The molecule has 1 heterocycles. The van der Waals surface area contributed by atoms with Crippen molar-refractivity contribution in [1.82, 2.24) is 10.2 Å². The van der Waals surface area contributed by atoms with Gasteiger partial charge >= 0.3 is 0 Å². The maximum Gasteiger partial charge on any atom is 0.185 e. The van der Waals surface area contributed by atoms with Crippen LogP contribution in [-0.2, 0) is 4.79 Å². The first-order valence-electron chi connectivity index (χ1n) is 6.01. The van der Waals surface area contributed by atoms with Crippen LogP contribution in [-0.4, -0.2) is 37.4 Å². The number of rotatable bonds is 5. The number of para-hydroxylation sites is 1. The molecule has 0 saturated carbocycles. The molecule has 102 valence electrons. The van der Waals surface area contributed by atoms with E-state index < -0.39 is 12.2 Å². The number of H-pyrrole nitrogens is 1. The summed E-state index contributed by atoms with van der Waals surface area (Å²) >= 11 is 1.15. The Morgan fingerprint density at radius 3 is 3.00 bits per heavy atom. The van der Waals surface area contributed by atoms with Gasteiger partial charge in [-0.05, 0) is 6.42 Å². The lowest BCUT2D eigenvalue weighted by Gasteiger charge is -2.18. The molecule has 1 aromatic heterocycles. The van der Waals surface area contributed by atoms with Gasteiger partial charge in [0, 0.05) is 23.6 Å². The van der Waals surface area contributed by atoms with Crippen LogP contribution in [0.5, 0.6) is 0 Å². The smallest absolute Gasteiger partial charge is 0.185 e. The molecule has 2 rings (SSSR count). The Morgan fingerprint density at radius 2 is 2.26 bits per heavy atom. The molecule has 0 amide bonds. The summed E-state index contributed by atoms with van der Waals surface area (Å²) in [6.07, 6.45) is 0.136. The summed E-state index contributed by atoms with van der Waals surface area (Å²) < 4.78 is 0. The van der Waals surface area contributed by atoms with Crippen molar-refractivity contribution in [1.29, 1.82) is 0 Å². The van der Waals surface area contributed by atoms with Crippen LogP contribution in [0, 0.1) is 0 Å². The van der Waals surface area contributed by atoms with E-state index in [2.05, 4.69) is 10.2 Å². The van der Waals surface area contributed by atoms with Crippen LogP contribution in [0.25, 0.3) is 10.9 Å². The van der Waals surface area contributed by atoms with E-state index in [-0.39, 0.29) is 5.12 Å². The molecule has 5 nitrogen and oxygen atoms in total. The predicted octanol–water partition coefficient (Wildman–Crippen LogP) is 1.63. The van der Waals surface area contributed by atoms with E-state index in [1.807, 2.05) is 12.1 Å². The zero-order valence-electron chi connectivity index (χ0n) is 10.5. The molecular weight excluding hydrogens is 264 g/mol. The summed E-state index contributed by atoms with van der Waals surface area (Å²) in [4.78, 5) is 10.8. The molecular formula is C13H16N2O3S. The average molecular weight is 280 g/mol. The third-order valence-electron chi connectivity index (χ3n) is 2.91. The zero-order valence-corrected chi connectivity index (χ0v) is 11.4. The highest BCUT2D eigenvalue weighted by molar-refractivity contribution is 8.13. The van der Waals surface area contributed by atoms with E-state index >= 15 is 0 Å². The third kappa shape index (κ3) is 3.34. The van der Waals surface area contributed by atoms with Crippen molar-refractivity contribution in [3.8, 4) is 0 Å². The number of benzene rings is 1. The van der Waals surface area contributed by atoms with Gasteiger partial charge in [-0.3, -0.25) is 9.89 Å². The number of nitrogens with one attached hydrogen (secondary N) is 1.